The van der Waals surface area contributed by atoms with Crippen LogP contribution in [0, 0.1) is 0 Å². The summed E-state index contributed by atoms with van der Waals surface area (Å²) < 4.78 is 15.4. The molecule has 170 valence electrons. The minimum absolute atomic E-state index is 0.0340. The molecule has 0 radical (unpaired) electrons. The third-order valence-corrected chi connectivity index (χ3v) is 4.03. The van der Waals surface area contributed by atoms with Crippen molar-refractivity contribution in [1.29, 1.82) is 0 Å². The molecule has 0 aromatic heterocycles. The Morgan fingerprint density at radius 1 is 0.875 bits per heavy atom. The first-order valence-corrected chi connectivity index (χ1v) is 10.1. The lowest BCUT2D eigenvalue weighted by molar-refractivity contribution is -0.153. The van der Waals surface area contributed by atoms with E-state index in [1.165, 1.54) is 0 Å². The maximum Gasteiger partial charge on any atom is 0.408 e. The number of benzene rings is 2. The number of ether oxygens (including phenoxy) is 3. The minimum atomic E-state index is -1.34. The lowest BCUT2D eigenvalue weighted by Gasteiger charge is -2.22. The molecule has 2 aromatic rings. The van der Waals surface area contributed by atoms with Crippen LogP contribution in [0.5, 0.6) is 0 Å². The van der Waals surface area contributed by atoms with Crippen LogP contribution in [-0.2, 0) is 30.4 Å². The Morgan fingerprint density at radius 3 is 2.06 bits per heavy atom. The van der Waals surface area contributed by atoms with E-state index in [4.69, 9.17) is 14.2 Å². The topological polar surface area (TPSA) is 108 Å². The first kappa shape index (κ1) is 24.6. The molecule has 0 heterocycles. The van der Waals surface area contributed by atoms with Crippen molar-refractivity contribution in [2.45, 2.75) is 45.4 Å². The summed E-state index contributed by atoms with van der Waals surface area (Å²) in [4.78, 5) is 49.0. The number of carbonyl (C=O) groups is 4. The molecular weight excluding hydrogens is 414 g/mol. The fraction of sp³-hybridized carbons (Fsp3) is 0.333. The molecule has 32 heavy (non-hydrogen) atoms. The van der Waals surface area contributed by atoms with Crippen LogP contribution in [-0.4, -0.2) is 42.1 Å². The van der Waals surface area contributed by atoms with E-state index in [1.54, 1.807) is 75.4 Å². The van der Waals surface area contributed by atoms with Crippen LogP contribution in [0.2, 0.25) is 0 Å². The zero-order valence-electron chi connectivity index (χ0n) is 18.3. The van der Waals surface area contributed by atoms with Crippen molar-refractivity contribution in [2.75, 3.05) is 6.61 Å². The van der Waals surface area contributed by atoms with E-state index >= 15 is 0 Å². The Morgan fingerprint density at radius 2 is 1.47 bits per heavy atom. The molecule has 0 aliphatic heterocycles. The third-order valence-electron chi connectivity index (χ3n) is 4.03. The van der Waals surface area contributed by atoms with E-state index < -0.39 is 42.7 Å². The van der Waals surface area contributed by atoms with Crippen molar-refractivity contribution >= 4 is 23.8 Å². The van der Waals surface area contributed by atoms with Gasteiger partial charge in [-0.3, -0.25) is 9.59 Å². The molecule has 2 aromatic carbocycles. The van der Waals surface area contributed by atoms with Crippen molar-refractivity contribution < 1.29 is 33.4 Å². The van der Waals surface area contributed by atoms with Crippen molar-refractivity contribution in [3.8, 4) is 0 Å². The molecule has 0 fully saturated rings. The van der Waals surface area contributed by atoms with Crippen molar-refractivity contribution in [3.63, 3.8) is 0 Å². The number of nitrogens with one attached hydrogen (secondary N) is 1. The first-order valence-electron chi connectivity index (χ1n) is 10.1. The van der Waals surface area contributed by atoms with Gasteiger partial charge in [-0.15, -0.1) is 0 Å². The second kappa shape index (κ2) is 11.6. The number of hydrogen-bond donors (Lipinski definition) is 1. The Kier molecular flexibility index (Phi) is 8.95. The standard InChI is InChI=1S/C24H27NO7/c1-24(2,3)32-23(29)25-19(22(28)31-15-17-10-6-4-7-11-17)14-21(27)30-16-20(26)18-12-8-5-9-13-18/h4-13,19H,14-16H2,1-3H3,(H,25,29)/t19-/m0/s1. The highest BCUT2D eigenvalue weighted by Crippen LogP contribution is 2.09. The molecule has 0 unspecified atom stereocenters. The number of hydrogen-bond acceptors (Lipinski definition) is 7. The summed E-state index contributed by atoms with van der Waals surface area (Å²) in [6, 6.07) is 16.0. The number of carbonyl (C=O) groups excluding carboxylic acids is 4. The first-order chi connectivity index (χ1) is 15.1. The normalized spacial score (nSPS) is 11.7. The molecule has 0 aliphatic carbocycles. The second-order valence-electron chi connectivity index (χ2n) is 7.95. The lowest BCUT2D eigenvalue weighted by atomic mass is 10.1. The van der Waals surface area contributed by atoms with Crippen molar-refractivity contribution in [1.82, 2.24) is 5.32 Å². The van der Waals surface area contributed by atoms with E-state index in [0.29, 0.717) is 5.56 Å². The molecule has 0 bridgehead atoms. The molecule has 1 amide bonds. The fourth-order valence-corrected chi connectivity index (χ4v) is 2.55. The van der Waals surface area contributed by atoms with Gasteiger partial charge in [-0.05, 0) is 26.3 Å². The van der Waals surface area contributed by atoms with Crippen molar-refractivity contribution in [3.05, 3.63) is 71.8 Å². The van der Waals surface area contributed by atoms with Crippen molar-refractivity contribution in [2.24, 2.45) is 0 Å². The molecule has 0 aliphatic rings. The molecule has 8 heteroatoms. The van der Waals surface area contributed by atoms with Crippen LogP contribution in [0.3, 0.4) is 0 Å². The molecule has 1 N–H and O–H groups in total. The van der Waals surface area contributed by atoms with Gasteiger partial charge in [0.05, 0.1) is 6.42 Å². The van der Waals surface area contributed by atoms with Gasteiger partial charge in [-0.1, -0.05) is 60.7 Å². The molecule has 0 saturated carbocycles. The zero-order valence-corrected chi connectivity index (χ0v) is 18.3. The maximum absolute atomic E-state index is 12.5. The highest BCUT2D eigenvalue weighted by molar-refractivity contribution is 5.98. The molecule has 1 atom stereocenters. The predicted octanol–water partition coefficient (Wildman–Crippen LogP) is 3.44. The number of Topliss-reactive ketones (excluding diaryl/α,β-unsaturated/α-hetero) is 1. The van der Waals surface area contributed by atoms with Crippen LogP contribution in [0.25, 0.3) is 0 Å². The van der Waals surface area contributed by atoms with Gasteiger partial charge in [0.2, 0.25) is 0 Å². The van der Waals surface area contributed by atoms with E-state index in [0.717, 1.165) is 5.56 Å². The van der Waals surface area contributed by atoms with E-state index in [-0.39, 0.29) is 12.4 Å². The Hall–Kier alpha value is -3.68. The monoisotopic (exact) mass is 441 g/mol. The number of alkyl carbamates (subject to hydrolysis) is 1. The Balaban J connectivity index is 1.97. The Bertz CT molecular complexity index is 920. The summed E-state index contributed by atoms with van der Waals surface area (Å²) in [5.74, 6) is -2.06. The largest absolute Gasteiger partial charge is 0.459 e. The van der Waals surface area contributed by atoms with Gasteiger partial charge in [-0.2, -0.15) is 0 Å². The Labute approximate surface area is 186 Å². The summed E-state index contributed by atoms with van der Waals surface area (Å²) >= 11 is 0. The number of amides is 1. The van der Waals surface area contributed by atoms with Gasteiger partial charge in [-0.25, -0.2) is 9.59 Å². The van der Waals surface area contributed by atoms with E-state index in [1.807, 2.05) is 6.07 Å². The summed E-state index contributed by atoms with van der Waals surface area (Å²) in [5, 5.41) is 2.34. The van der Waals surface area contributed by atoms with Crippen LogP contribution < -0.4 is 5.32 Å². The maximum atomic E-state index is 12.5. The van der Waals surface area contributed by atoms with Crippen LogP contribution in [0.4, 0.5) is 4.79 Å². The molecule has 0 spiro atoms. The lowest BCUT2D eigenvalue weighted by Crippen LogP contribution is -2.45. The average Bonchev–Trinajstić information content (AvgIpc) is 2.75. The summed E-state index contributed by atoms with van der Waals surface area (Å²) in [6.07, 6.45) is -1.40. The van der Waals surface area contributed by atoms with Crippen LogP contribution >= 0.6 is 0 Å². The van der Waals surface area contributed by atoms with Crippen LogP contribution in [0.15, 0.2) is 60.7 Å². The number of esters is 2. The van der Waals surface area contributed by atoms with Gasteiger partial charge in [0, 0.05) is 5.56 Å². The molecular formula is C24H27NO7. The quantitative estimate of drug-likeness (QED) is 0.361. The van der Waals surface area contributed by atoms with Crippen LogP contribution in [0.1, 0.15) is 43.1 Å². The smallest absolute Gasteiger partial charge is 0.408 e. The zero-order chi connectivity index (χ0) is 23.6. The molecule has 0 saturated heterocycles. The SMILES string of the molecule is CC(C)(C)OC(=O)N[C@@H](CC(=O)OCC(=O)c1ccccc1)C(=O)OCc1ccccc1. The third kappa shape index (κ3) is 8.99. The molecule has 8 nitrogen and oxygen atoms in total. The summed E-state index contributed by atoms with van der Waals surface area (Å²) in [6.45, 7) is 4.48. The highest BCUT2D eigenvalue weighted by Gasteiger charge is 2.29. The summed E-state index contributed by atoms with van der Waals surface area (Å²) in [7, 11) is 0. The fourth-order valence-electron chi connectivity index (χ4n) is 2.55. The highest BCUT2D eigenvalue weighted by atomic mass is 16.6. The number of rotatable bonds is 9. The number of ketones is 1. The second-order valence-corrected chi connectivity index (χ2v) is 7.95. The summed E-state index contributed by atoms with van der Waals surface area (Å²) in [5.41, 5.74) is 0.337. The van der Waals surface area contributed by atoms with Gasteiger partial charge < -0.3 is 19.5 Å². The van der Waals surface area contributed by atoms with Gasteiger partial charge in [0.15, 0.2) is 12.4 Å². The minimum Gasteiger partial charge on any atom is -0.459 e. The molecule has 2 rings (SSSR count). The van der Waals surface area contributed by atoms with Gasteiger partial charge in [0.25, 0.3) is 0 Å². The predicted molar refractivity (Wildman–Crippen MR) is 116 cm³/mol. The van der Waals surface area contributed by atoms with E-state index in [2.05, 4.69) is 5.32 Å². The van der Waals surface area contributed by atoms with E-state index in [9.17, 15) is 19.2 Å². The average molecular weight is 441 g/mol. The van der Waals surface area contributed by atoms with Gasteiger partial charge in [0.1, 0.15) is 18.2 Å². The van der Waals surface area contributed by atoms with Gasteiger partial charge >= 0.3 is 18.0 Å².